The Morgan fingerprint density at radius 2 is 2.22 bits per heavy atom. The van der Waals surface area contributed by atoms with Gasteiger partial charge in [0.05, 0.1) is 5.69 Å². The standard InChI is InChI=1S/C5H6I2N2/c1-2-3-4(6)9-5(7)8-3/h2H2,1H3,(H,8,9). The molecule has 50 valence electrons. The average Bonchev–Trinajstić information content (AvgIpc) is 2.10. The second-order valence-electron chi connectivity index (χ2n) is 1.64. The highest BCUT2D eigenvalue weighted by molar-refractivity contribution is 14.1. The van der Waals surface area contributed by atoms with E-state index in [1.807, 2.05) is 0 Å². The van der Waals surface area contributed by atoms with Gasteiger partial charge in [-0.3, -0.25) is 0 Å². The number of nitrogens with one attached hydrogen (secondary N) is 1. The Bertz CT molecular complexity index is 207. The predicted molar refractivity (Wildman–Crippen MR) is 53.4 cm³/mol. The topological polar surface area (TPSA) is 28.7 Å². The van der Waals surface area contributed by atoms with Gasteiger partial charge < -0.3 is 4.98 Å². The van der Waals surface area contributed by atoms with Gasteiger partial charge in [0, 0.05) is 0 Å². The normalized spacial score (nSPS) is 10.1. The summed E-state index contributed by atoms with van der Waals surface area (Å²) in [7, 11) is 0. The number of aryl methyl sites for hydroxylation is 1. The Labute approximate surface area is 81.1 Å². The van der Waals surface area contributed by atoms with E-state index in [0.717, 1.165) is 10.3 Å². The lowest BCUT2D eigenvalue weighted by atomic mass is 10.4. The van der Waals surface area contributed by atoms with Gasteiger partial charge in [0.2, 0.25) is 0 Å². The molecule has 0 aliphatic carbocycles. The van der Waals surface area contributed by atoms with Gasteiger partial charge in [-0.1, -0.05) is 6.92 Å². The van der Waals surface area contributed by atoms with Crippen LogP contribution in [0.1, 0.15) is 12.6 Å². The van der Waals surface area contributed by atoms with Crippen LogP contribution in [0.15, 0.2) is 0 Å². The molecule has 0 atom stereocenters. The molecule has 1 aromatic heterocycles. The van der Waals surface area contributed by atoms with Crippen LogP contribution in [0.5, 0.6) is 0 Å². The third-order valence-electron chi connectivity index (χ3n) is 1.03. The van der Waals surface area contributed by atoms with Crippen LogP contribution in [-0.2, 0) is 6.42 Å². The highest BCUT2D eigenvalue weighted by Gasteiger charge is 2.01. The molecular formula is C5H6I2N2. The summed E-state index contributed by atoms with van der Waals surface area (Å²) in [6.45, 7) is 2.11. The van der Waals surface area contributed by atoms with Gasteiger partial charge in [0.25, 0.3) is 0 Å². The molecule has 0 radical (unpaired) electrons. The molecule has 0 fully saturated rings. The van der Waals surface area contributed by atoms with E-state index in [2.05, 4.69) is 62.1 Å². The molecule has 1 N–H and O–H groups in total. The summed E-state index contributed by atoms with van der Waals surface area (Å²) in [4.78, 5) is 7.37. The molecule has 0 spiro atoms. The maximum atomic E-state index is 4.25. The second kappa shape index (κ2) is 3.18. The fourth-order valence-corrected chi connectivity index (χ4v) is 2.43. The van der Waals surface area contributed by atoms with Crippen molar-refractivity contribution < 1.29 is 0 Å². The zero-order chi connectivity index (χ0) is 6.85. The number of aromatic amines is 1. The predicted octanol–water partition coefficient (Wildman–Crippen LogP) is 2.18. The molecule has 0 saturated heterocycles. The monoisotopic (exact) mass is 348 g/mol. The Morgan fingerprint density at radius 3 is 2.44 bits per heavy atom. The summed E-state index contributed by atoms with van der Waals surface area (Å²) in [6.07, 6.45) is 1.01. The van der Waals surface area contributed by atoms with E-state index in [9.17, 15) is 0 Å². The minimum Gasteiger partial charge on any atom is -0.329 e. The third-order valence-corrected chi connectivity index (χ3v) is 2.44. The van der Waals surface area contributed by atoms with Crippen molar-refractivity contribution >= 4 is 45.2 Å². The van der Waals surface area contributed by atoms with E-state index in [1.54, 1.807) is 0 Å². The first-order valence-corrected chi connectivity index (χ1v) is 4.79. The summed E-state index contributed by atoms with van der Waals surface area (Å²) in [6, 6.07) is 0. The molecule has 4 heteroatoms. The molecule has 0 bridgehead atoms. The molecule has 1 rings (SSSR count). The van der Waals surface area contributed by atoms with E-state index >= 15 is 0 Å². The van der Waals surface area contributed by atoms with E-state index in [0.29, 0.717) is 0 Å². The number of halogens is 2. The highest BCUT2D eigenvalue weighted by Crippen LogP contribution is 2.10. The zero-order valence-corrected chi connectivity index (χ0v) is 9.23. The minimum atomic E-state index is 0.980. The van der Waals surface area contributed by atoms with Gasteiger partial charge in [0.1, 0.15) is 3.70 Å². The quantitative estimate of drug-likeness (QED) is 0.775. The first-order valence-electron chi connectivity index (χ1n) is 2.64. The molecule has 1 heterocycles. The zero-order valence-electron chi connectivity index (χ0n) is 4.91. The maximum absolute atomic E-state index is 4.25. The van der Waals surface area contributed by atoms with Crippen molar-refractivity contribution in [1.29, 1.82) is 0 Å². The van der Waals surface area contributed by atoms with Crippen LogP contribution in [0, 0.1) is 7.53 Å². The Morgan fingerprint density at radius 1 is 1.56 bits per heavy atom. The van der Waals surface area contributed by atoms with E-state index in [4.69, 9.17) is 0 Å². The fraction of sp³-hybridized carbons (Fsp3) is 0.400. The van der Waals surface area contributed by atoms with Gasteiger partial charge in [0.15, 0.2) is 3.83 Å². The third kappa shape index (κ3) is 1.79. The van der Waals surface area contributed by atoms with Crippen LogP contribution < -0.4 is 0 Å². The second-order valence-corrected chi connectivity index (χ2v) is 3.74. The molecule has 0 aliphatic heterocycles. The summed E-state index contributed by atoms with van der Waals surface area (Å²) < 4.78 is 2.15. The molecule has 0 aromatic carbocycles. The van der Waals surface area contributed by atoms with Crippen molar-refractivity contribution in [3.05, 3.63) is 13.2 Å². The van der Waals surface area contributed by atoms with Crippen LogP contribution >= 0.6 is 45.2 Å². The summed E-state index contributed by atoms with van der Waals surface area (Å²) in [5.74, 6) is 0. The number of hydrogen-bond donors (Lipinski definition) is 1. The minimum absolute atomic E-state index is 0.980. The Hall–Kier alpha value is 0.670. The summed E-state index contributed by atoms with van der Waals surface area (Å²) in [5, 5.41) is 0. The van der Waals surface area contributed by atoms with E-state index in [-0.39, 0.29) is 0 Å². The lowest BCUT2D eigenvalue weighted by Gasteiger charge is -1.84. The molecule has 2 nitrogen and oxygen atoms in total. The van der Waals surface area contributed by atoms with Gasteiger partial charge >= 0.3 is 0 Å². The van der Waals surface area contributed by atoms with Gasteiger partial charge in [-0.2, -0.15) is 0 Å². The number of rotatable bonds is 1. The fourth-order valence-electron chi connectivity index (χ4n) is 0.592. The SMILES string of the molecule is CCc1nc(I)[nH]c1I. The Balaban J connectivity index is 3.01. The van der Waals surface area contributed by atoms with Gasteiger partial charge in [-0.15, -0.1) is 0 Å². The van der Waals surface area contributed by atoms with Crippen LogP contribution in [0.3, 0.4) is 0 Å². The summed E-state index contributed by atoms with van der Waals surface area (Å²) >= 11 is 4.44. The lowest BCUT2D eigenvalue weighted by Crippen LogP contribution is -1.81. The van der Waals surface area contributed by atoms with Crippen LogP contribution in [0.4, 0.5) is 0 Å². The first-order chi connectivity index (χ1) is 4.24. The largest absolute Gasteiger partial charge is 0.329 e. The van der Waals surface area contributed by atoms with Crippen molar-refractivity contribution in [2.45, 2.75) is 13.3 Å². The lowest BCUT2D eigenvalue weighted by molar-refractivity contribution is 1.04. The van der Waals surface area contributed by atoms with Crippen LogP contribution in [-0.4, -0.2) is 9.97 Å². The first kappa shape index (κ1) is 7.77. The Kier molecular flexibility index (Phi) is 2.74. The smallest absolute Gasteiger partial charge is 0.169 e. The van der Waals surface area contributed by atoms with Gasteiger partial charge in [-0.25, -0.2) is 4.98 Å². The number of nitrogens with zero attached hydrogens (tertiary/aromatic N) is 1. The summed E-state index contributed by atoms with van der Waals surface area (Å²) in [5.41, 5.74) is 1.17. The number of imidazole rings is 1. The van der Waals surface area contributed by atoms with Crippen molar-refractivity contribution in [2.75, 3.05) is 0 Å². The van der Waals surface area contributed by atoms with E-state index in [1.165, 1.54) is 9.39 Å². The molecule has 0 amide bonds. The number of aromatic nitrogens is 2. The van der Waals surface area contributed by atoms with Crippen molar-refractivity contribution in [1.82, 2.24) is 9.97 Å². The molecule has 9 heavy (non-hydrogen) atoms. The molecule has 0 aliphatic rings. The number of H-pyrrole nitrogens is 1. The average molecular weight is 348 g/mol. The molecule has 1 aromatic rings. The highest BCUT2D eigenvalue weighted by atomic mass is 127. The van der Waals surface area contributed by atoms with E-state index < -0.39 is 0 Å². The number of hydrogen-bond acceptors (Lipinski definition) is 1. The molecule has 0 unspecified atom stereocenters. The maximum Gasteiger partial charge on any atom is 0.169 e. The van der Waals surface area contributed by atoms with Crippen molar-refractivity contribution in [2.24, 2.45) is 0 Å². The van der Waals surface area contributed by atoms with Crippen LogP contribution in [0.2, 0.25) is 0 Å². The molecule has 0 saturated carbocycles. The van der Waals surface area contributed by atoms with Gasteiger partial charge in [-0.05, 0) is 51.6 Å². The van der Waals surface area contributed by atoms with Crippen molar-refractivity contribution in [3.63, 3.8) is 0 Å². The van der Waals surface area contributed by atoms with Crippen LogP contribution in [0.25, 0.3) is 0 Å². The molecular weight excluding hydrogens is 342 g/mol. The van der Waals surface area contributed by atoms with Crippen molar-refractivity contribution in [3.8, 4) is 0 Å².